The van der Waals surface area contributed by atoms with E-state index in [-0.39, 0.29) is 0 Å². The molecule has 6 heteroatoms. The molecule has 0 unspecified atom stereocenters. The van der Waals surface area contributed by atoms with Crippen molar-refractivity contribution < 1.29 is 0 Å². The molecule has 3 aromatic heterocycles. The molecule has 76 valence electrons. The summed E-state index contributed by atoms with van der Waals surface area (Å²) in [6, 6.07) is 9.62. The minimum atomic E-state index is 0.431. The molecular weight excluding hydrogens is 222 g/mol. The number of nitriles is 1. The highest BCUT2D eigenvalue weighted by Gasteiger charge is 2.10. The standard InChI is InChI=1S/C10H5N5S/c11-6-7-3-4-8(9-2-1-5-16-9)10-12-13-14-15(7)10/h1-5H. The van der Waals surface area contributed by atoms with Crippen LogP contribution in [-0.4, -0.2) is 20.0 Å². The van der Waals surface area contributed by atoms with Crippen LogP contribution in [0.2, 0.25) is 0 Å². The second-order valence-electron chi connectivity index (χ2n) is 3.14. The number of rotatable bonds is 1. The summed E-state index contributed by atoms with van der Waals surface area (Å²) in [6.07, 6.45) is 0. The predicted molar refractivity (Wildman–Crippen MR) is 58.8 cm³/mol. The second-order valence-corrected chi connectivity index (χ2v) is 4.08. The summed E-state index contributed by atoms with van der Waals surface area (Å²) in [5.41, 5.74) is 1.99. The largest absolute Gasteiger partial charge is 0.191 e. The molecule has 3 heterocycles. The molecule has 0 N–H and O–H groups in total. The number of thiophene rings is 1. The summed E-state index contributed by atoms with van der Waals surface area (Å²) >= 11 is 1.62. The van der Waals surface area contributed by atoms with E-state index >= 15 is 0 Å². The molecule has 0 fully saturated rings. The van der Waals surface area contributed by atoms with Crippen LogP contribution in [0.5, 0.6) is 0 Å². The molecule has 0 radical (unpaired) electrons. The zero-order valence-corrected chi connectivity index (χ0v) is 8.85. The lowest BCUT2D eigenvalue weighted by Crippen LogP contribution is -1.95. The number of nitrogens with zero attached hydrogens (tertiary/aromatic N) is 5. The summed E-state index contributed by atoms with van der Waals surface area (Å²) < 4.78 is 1.45. The molecule has 0 aliphatic rings. The Balaban J connectivity index is 2.37. The van der Waals surface area contributed by atoms with Crippen molar-refractivity contribution in [2.45, 2.75) is 0 Å². The summed E-state index contributed by atoms with van der Waals surface area (Å²) in [4.78, 5) is 1.09. The SMILES string of the molecule is N#Cc1ccc(-c2cccs2)c2nnnn12. The van der Waals surface area contributed by atoms with Crippen molar-refractivity contribution in [3.63, 3.8) is 0 Å². The Hall–Kier alpha value is -2.26. The van der Waals surface area contributed by atoms with E-state index in [9.17, 15) is 0 Å². The molecule has 0 bridgehead atoms. The monoisotopic (exact) mass is 227 g/mol. The van der Waals surface area contributed by atoms with Gasteiger partial charge in [-0.2, -0.15) is 9.78 Å². The van der Waals surface area contributed by atoms with Gasteiger partial charge >= 0.3 is 0 Å². The fourth-order valence-corrected chi connectivity index (χ4v) is 2.28. The Kier molecular flexibility index (Phi) is 1.91. The van der Waals surface area contributed by atoms with Crippen LogP contribution < -0.4 is 0 Å². The first-order valence-electron chi connectivity index (χ1n) is 4.55. The van der Waals surface area contributed by atoms with Crippen LogP contribution in [0.15, 0.2) is 29.6 Å². The summed E-state index contributed by atoms with van der Waals surface area (Å²) in [7, 11) is 0. The van der Waals surface area contributed by atoms with E-state index in [4.69, 9.17) is 5.26 Å². The Morgan fingerprint density at radius 1 is 1.31 bits per heavy atom. The predicted octanol–water partition coefficient (Wildman–Crippen LogP) is 1.72. The molecule has 16 heavy (non-hydrogen) atoms. The Morgan fingerprint density at radius 2 is 2.25 bits per heavy atom. The van der Waals surface area contributed by atoms with Gasteiger partial charge in [0.15, 0.2) is 5.65 Å². The Bertz CT molecular complexity index is 677. The van der Waals surface area contributed by atoms with E-state index in [0.29, 0.717) is 11.3 Å². The lowest BCUT2D eigenvalue weighted by molar-refractivity contribution is 0.815. The maximum Gasteiger partial charge on any atom is 0.189 e. The highest BCUT2D eigenvalue weighted by molar-refractivity contribution is 7.13. The first kappa shape index (κ1) is 9.00. The highest BCUT2D eigenvalue weighted by atomic mass is 32.1. The van der Waals surface area contributed by atoms with Crippen LogP contribution in [0.3, 0.4) is 0 Å². The number of pyridine rings is 1. The lowest BCUT2D eigenvalue weighted by atomic mass is 10.2. The van der Waals surface area contributed by atoms with Crippen LogP contribution in [0.4, 0.5) is 0 Å². The number of aromatic nitrogens is 4. The van der Waals surface area contributed by atoms with Crippen molar-refractivity contribution in [3.05, 3.63) is 35.3 Å². The fourth-order valence-electron chi connectivity index (χ4n) is 1.53. The molecule has 0 atom stereocenters. The maximum atomic E-state index is 8.91. The van der Waals surface area contributed by atoms with Gasteiger partial charge in [-0.3, -0.25) is 0 Å². The van der Waals surface area contributed by atoms with Crippen molar-refractivity contribution in [3.8, 4) is 16.5 Å². The minimum Gasteiger partial charge on any atom is -0.191 e. The van der Waals surface area contributed by atoms with Crippen LogP contribution in [-0.2, 0) is 0 Å². The summed E-state index contributed by atoms with van der Waals surface area (Å²) in [5.74, 6) is 0. The van der Waals surface area contributed by atoms with E-state index in [2.05, 4.69) is 21.6 Å². The van der Waals surface area contributed by atoms with Gasteiger partial charge in [0, 0.05) is 10.4 Å². The molecule has 0 saturated carbocycles. The molecular formula is C10H5N5S. The average molecular weight is 227 g/mol. The first-order valence-corrected chi connectivity index (χ1v) is 5.43. The van der Waals surface area contributed by atoms with Gasteiger partial charge in [-0.15, -0.1) is 16.4 Å². The smallest absolute Gasteiger partial charge is 0.189 e. The van der Waals surface area contributed by atoms with Crippen LogP contribution in [0, 0.1) is 11.3 Å². The Labute approximate surface area is 94.6 Å². The van der Waals surface area contributed by atoms with Gasteiger partial charge in [-0.25, -0.2) is 0 Å². The van der Waals surface area contributed by atoms with Crippen LogP contribution in [0.25, 0.3) is 16.1 Å². The van der Waals surface area contributed by atoms with Gasteiger partial charge in [-0.1, -0.05) is 6.07 Å². The zero-order chi connectivity index (χ0) is 11.0. The molecule has 0 aromatic carbocycles. The third-order valence-corrected chi connectivity index (χ3v) is 3.15. The van der Waals surface area contributed by atoms with Gasteiger partial charge in [0.25, 0.3) is 0 Å². The van der Waals surface area contributed by atoms with E-state index in [1.807, 2.05) is 23.6 Å². The topological polar surface area (TPSA) is 66.9 Å². The maximum absolute atomic E-state index is 8.91. The Morgan fingerprint density at radius 3 is 3.00 bits per heavy atom. The molecule has 0 spiro atoms. The fraction of sp³-hybridized carbons (Fsp3) is 0. The highest BCUT2D eigenvalue weighted by Crippen LogP contribution is 2.27. The van der Waals surface area contributed by atoms with Gasteiger partial charge in [0.1, 0.15) is 11.8 Å². The number of hydrogen-bond donors (Lipinski definition) is 0. The summed E-state index contributed by atoms with van der Waals surface area (Å²) in [5, 5.41) is 22.2. The first-order chi connectivity index (χ1) is 7.90. The molecule has 0 saturated heterocycles. The lowest BCUT2D eigenvalue weighted by Gasteiger charge is -1.99. The van der Waals surface area contributed by atoms with Crippen molar-refractivity contribution in [2.75, 3.05) is 0 Å². The quantitative estimate of drug-likeness (QED) is 0.635. The van der Waals surface area contributed by atoms with Crippen LogP contribution >= 0.6 is 11.3 Å². The third-order valence-electron chi connectivity index (χ3n) is 2.25. The van der Waals surface area contributed by atoms with E-state index in [0.717, 1.165) is 10.4 Å². The molecule has 3 aromatic rings. The summed E-state index contributed by atoms with van der Waals surface area (Å²) in [6.45, 7) is 0. The minimum absolute atomic E-state index is 0.431. The van der Waals surface area contributed by atoms with E-state index in [1.54, 1.807) is 17.4 Å². The van der Waals surface area contributed by atoms with Gasteiger partial charge in [0.05, 0.1) is 0 Å². The molecule has 0 aliphatic carbocycles. The van der Waals surface area contributed by atoms with Crippen molar-refractivity contribution in [1.29, 1.82) is 5.26 Å². The van der Waals surface area contributed by atoms with E-state index < -0.39 is 0 Å². The van der Waals surface area contributed by atoms with Crippen molar-refractivity contribution in [2.24, 2.45) is 0 Å². The average Bonchev–Trinajstić information content (AvgIpc) is 2.98. The van der Waals surface area contributed by atoms with Crippen LogP contribution in [0.1, 0.15) is 5.69 Å². The normalized spacial score (nSPS) is 10.4. The number of hydrogen-bond acceptors (Lipinski definition) is 5. The van der Waals surface area contributed by atoms with Crippen molar-refractivity contribution in [1.82, 2.24) is 20.0 Å². The number of tetrazole rings is 1. The third kappa shape index (κ3) is 1.19. The van der Waals surface area contributed by atoms with E-state index in [1.165, 1.54) is 4.52 Å². The van der Waals surface area contributed by atoms with Gasteiger partial charge < -0.3 is 0 Å². The van der Waals surface area contributed by atoms with Gasteiger partial charge in [-0.05, 0) is 34.0 Å². The van der Waals surface area contributed by atoms with Crippen molar-refractivity contribution >= 4 is 17.0 Å². The molecule has 0 amide bonds. The second kappa shape index (κ2) is 3.40. The molecule has 3 rings (SSSR count). The number of fused-ring (bicyclic) bond motifs is 1. The molecule has 0 aliphatic heterocycles. The zero-order valence-electron chi connectivity index (χ0n) is 8.03. The molecule has 5 nitrogen and oxygen atoms in total. The van der Waals surface area contributed by atoms with Gasteiger partial charge in [0.2, 0.25) is 0 Å².